The summed E-state index contributed by atoms with van der Waals surface area (Å²) in [6.45, 7) is 4.45. The van der Waals surface area contributed by atoms with Crippen molar-refractivity contribution in [3.8, 4) is 0 Å². The predicted octanol–water partition coefficient (Wildman–Crippen LogP) is 3.06. The average molecular weight is 529 g/mol. The topological polar surface area (TPSA) is 54.4 Å². The van der Waals surface area contributed by atoms with Crippen molar-refractivity contribution in [2.75, 3.05) is 0 Å². The Morgan fingerprint density at radius 1 is 1.09 bits per heavy atom. The van der Waals surface area contributed by atoms with Gasteiger partial charge >= 0.3 is 0 Å². The summed E-state index contributed by atoms with van der Waals surface area (Å²) in [6, 6.07) is 0. The number of rotatable bonds is 0. The fourth-order valence-electron chi connectivity index (χ4n) is 6.36. The summed E-state index contributed by atoms with van der Waals surface area (Å²) in [5.74, 6) is 1.70. The maximum Gasteiger partial charge on any atom is 0.159 e. The van der Waals surface area contributed by atoms with E-state index in [2.05, 4.69) is 13.8 Å². The van der Waals surface area contributed by atoms with E-state index in [9.17, 15) is 14.7 Å². The molecule has 0 aliphatic heterocycles. The number of fused-ring (bicyclic) bond motifs is 5. The van der Waals surface area contributed by atoms with Crippen LogP contribution in [-0.4, -0.2) is 22.8 Å². The van der Waals surface area contributed by atoms with E-state index in [0.717, 1.165) is 37.7 Å². The molecule has 3 saturated carbocycles. The molecule has 0 saturated heterocycles. The summed E-state index contributed by atoms with van der Waals surface area (Å²) in [7, 11) is 0. The van der Waals surface area contributed by atoms with Gasteiger partial charge in [-0.3, -0.25) is 9.59 Å². The number of aliphatic hydroxyl groups is 1. The molecule has 3 fully saturated rings. The number of Topliss-reactive ketones (excluding diaryl/α,β-unsaturated/α-hetero) is 1. The van der Waals surface area contributed by atoms with Gasteiger partial charge in [0.25, 0.3) is 0 Å². The van der Waals surface area contributed by atoms with Crippen molar-refractivity contribution in [2.45, 2.75) is 64.9 Å². The zero-order valence-corrected chi connectivity index (χ0v) is 18.9. The Kier molecular flexibility index (Phi) is 4.79. The monoisotopic (exact) mass is 529 g/mol. The minimum absolute atomic E-state index is 0. The van der Waals surface area contributed by atoms with E-state index in [1.807, 2.05) is 0 Å². The molecule has 4 aliphatic carbocycles. The fourth-order valence-corrected chi connectivity index (χ4v) is 6.36. The SMILES string of the molecule is CC12CCC(=O)C=C1C(=O)CC1C2CCC2(C)C(O)CCC12.[Ac]. The zero-order chi connectivity index (χ0) is 15.7. The Balaban J connectivity index is 0.00000156. The van der Waals surface area contributed by atoms with Crippen molar-refractivity contribution in [1.29, 1.82) is 0 Å². The number of carbonyl (C=O) groups is 2. The molecule has 23 heavy (non-hydrogen) atoms. The molecule has 0 heterocycles. The van der Waals surface area contributed by atoms with Crippen molar-refractivity contribution in [1.82, 2.24) is 0 Å². The first kappa shape index (κ1) is 18.3. The van der Waals surface area contributed by atoms with Crippen LogP contribution in [0.25, 0.3) is 0 Å². The average Bonchev–Trinajstić information content (AvgIpc) is 2.77. The van der Waals surface area contributed by atoms with E-state index >= 15 is 0 Å². The maximum atomic E-state index is 12.7. The molecule has 6 atom stereocenters. The first-order chi connectivity index (χ1) is 10.4. The molecule has 0 amide bonds. The number of carbonyl (C=O) groups excluding carboxylic acids is 2. The second-order valence-electron chi connectivity index (χ2n) is 8.58. The molecule has 0 aromatic carbocycles. The molecule has 6 unspecified atom stereocenters. The van der Waals surface area contributed by atoms with Crippen LogP contribution in [0.1, 0.15) is 58.8 Å². The molecule has 0 bridgehead atoms. The zero-order valence-electron chi connectivity index (χ0n) is 14.2. The van der Waals surface area contributed by atoms with Crippen molar-refractivity contribution in [2.24, 2.45) is 28.6 Å². The van der Waals surface area contributed by atoms with Gasteiger partial charge in [-0.2, -0.15) is 0 Å². The Morgan fingerprint density at radius 2 is 1.83 bits per heavy atom. The van der Waals surface area contributed by atoms with E-state index in [0.29, 0.717) is 30.6 Å². The molecule has 4 rings (SSSR count). The third-order valence-electron chi connectivity index (χ3n) is 7.74. The quantitative estimate of drug-likeness (QED) is 0.525. The molecule has 0 aromatic heterocycles. The first-order valence-corrected chi connectivity index (χ1v) is 8.82. The number of aliphatic hydroxyl groups excluding tert-OH is 1. The maximum absolute atomic E-state index is 12.7. The molecule has 1 radical (unpaired) electrons. The van der Waals surface area contributed by atoms with E-state index in [1.165, 1.54) is 0 Å². The number of ketones is 2. The van der Waals surface area contributed by atoms with Crippen LogP contribution in [0.5, 0.6) is 0 Å². The first-order valence-electron chi connectivity index (χ1n) is 8.82. The summed E-state index contributed by atoms with van der Waals surface area (Å²) in [6.07, 6.45) is 7.54. The van der Waals surface area contributed by atoms with Crippen LogP contribution < -0.4 is 0 Å². The third kappa shape index (κ3) is 2.49. The molecule has 4 aliphatic rings. The molecule has 123 valence electrons. The summed E-state index contributed by atoms with van der Waals surface area (Å²) in [5, 5.41) is 10.4. The van der Waals surface area contributed by atoms with Gasteiger partial charge in [0.1, 0.15) is 0 Å². The van der Waals surface area contributed by atoms with Crippen molar-refractivity contribution in [3.05, 3.63) is 11.6 Å². The Bertz CT molecular complexity index is 583. The minimum Gasteiger partial charge on any atom is -0.393 e. The minimum atomic E-state index is -0.203. The van der Waals surface area contributed by atoms with Crippen molar-refractivity contribution < 1.29 is 58.8 Å². The van der Waals surface area contributed by atoms with Crippen LogP contribution in [0.3, 0.4) is 0 Å². The molecule has 0 aromatic rings. The van der Waals surface area contributed by atoms with E-state index in [-0.39, 0.29) is 72.6 Å². The molecule has 4 heteroatoms. The van der Waals surface area contributed by atoms with Gasteiger partial charge in [-0.15, -0.1) is 0 Å². The van der Waals surface area contributed by atoms with Gasteiger partial charge in [-0.25, -0.2) is 0 Å². The van der Waals surface area contributed by atoms with Crippen LogP contribution in [0, 0.1) is 72.6 Å². The van der Waals surface area contributed by atoms with Gasteiger partial charge in [-0.1, -0.05) is 13.8 Å². The standard InChI is InChI=1S/C19H26O3.Ac/c1-18-7-5-11(20)9-15(18)16(21)10-12-13-3-4-17(22)19(13,2)8-6-14(12)18;/h9,12-14,17,22H,3-8,10H2,1-2H3;. The largest absolute Gasteiger partial charge is 0.393 e. The predicted molar refractivity (Wildman–Crippen MR) is 83.1 cm³/mol. The van der Waals surface area contributed by atoms with Crippen LogP contribution >= 0.6 is 0 Å². The summed E-state index contributed by atoms with van der Waals surface area (Å²) >= 11 is 0. The van der Waals surface area contributed by atoms with Gasteiger partial charge in [0.2, 0.25) is 0 Å². The molecular weight excluding hydrogens is 503 g/mol. The Hall–Kier alpha value is 0.482. The molecule has 3 nitrogen and oxygen atoms in total. The van der Waals surface area contributed by atoms with E-state index in [1.54, 1.807) is 6.08 Å². The van der Waals surface area contributed by atoms with Gasteiger partial charge in [-0.05, 0) is 66.8 Å². The Morgan fingerprint density at radius 3 is 2.57 bits per heavy atom. The normalized spacial score (nSPS) is 48.7. The third-order valence-corrected chi connectivity index (χ3v) is 7.74. The number of hydrogen-bond acceptors (Lipinski definition) is 3. The van der Waals surface area contributed by atoms with Crippen LogP contribution in [-0.2, 0) is 9.59 Å². The van der Waals surface area contributed by atoms with Gasteiger partial charge < -0.3 is 5.11 Å². The van der Waals surface area contributed by atoms with E-state index in [4.69, 9.17) is 0 Å². The van der Waals surface area contributed by atoms with Crippen LogP contribution in [0.4, 0.5) is 0 Å². The summed E-state index contributed by atoms with van der Waals surface area (Å²) < 4.78 is 0. The Labute approximate surface area is 174 Å². The fraction of sp³-hybridized carbons (Fsp3) is 0.789. The van der Waals surface area contributed by atoms with Gasteiger partial charge in [0.05, 0.1) is 6.10 Å². The molecular formula is C19H26AcO3. The van der Waals surface area contributed by atoms with Crippen LogP contribution in [0.15, 0.2) is 11.6 Å². The second-order valence-corrected chi connectivity index (χ2v) is 8.58. The molecule has 1 N–H and O–H groups in total. The molecule has 0 spiro atoms. The summed E-state index contributed by atoms with van der Waals surface area (Å²) in [5.41, 5.74) is 0.707. The smallest absolute Gasteiger partial charge is 0.159 e. The van der Waals surface area contributed by atoms with E-state index < -0.39 is 0 Å². The van der Waals surface area contributed by atoms with Crippen LogP contribution in [0.2, 0.25) is 0 Å². The van der Waals surface area contributed by atoms with Crippen molar-refractivity contribution >= 4 is 11.6 Å². The number of hydrogen-bond donors (Lipinski definition) is 1. The van der Waals surface area contributed by atoms with Crippen molar-refractivity contribution in [3.63, 3.8) is 0 Å². The summed E-state index contributed by atoms with van der Waals surface area (Å²) in [4.78, 5) is 24.5. The second kappa shape index (κ2) is 6.03. The number of allylic oxidation sites excluding steroid dienone is 1. The van der Waals surface area contributed by atoms with Gasteiger partial charge in [0, 0.05) is 62.5 Å². The van der Waals surface area contributed by atoms with Gasteiger partial charge in [0.15, 0.2) is 11.6 Å².